The van der Waals surface area contributed by atoms with Crippen LogP contribution in [0.3, 0.4) is 0 Å². The van der Waals surface area contributed by atoms with Gasteiger partial charge in [-0.15, -0.1) is 0 Å². The average molecular weight is 294 g/mol. The Morgan fingerprint density at radius 2 is 1.95 bits per heavy atom. The lowest BCUT2D eigenvalue weighted by atomic mass is 10.1. The molecule has 1 fully saturated rings. The summed E-state index contributed by atoms with van der Waals surface area (Å²) in [6, 6.07) is 6.66. The van der Waals surface area contributed by atoms with Crippen LogP contribution in [0.15, 0.2) is 36.5 Å². The molecule has 0 aliphatic carbocycles. The number of hydrogen-bond donors (Lipinski definition) is 0. The maximum atomic E-state index is 13.3. The second kappa shape index (κ2) is 5.73. The van der Waals surface area contributed by atoms with E-state index >= 15 is 0 Å². The number of nitrogens with zero attached hydrogens (tertiary/aromatic N) is 2. The zero-order valence-electron chi connectivity index (χ0n) is 11.1. The maximum absolute atomic E-state index is 13.3. The van der Waals surface area contributed by atoms with Gasteiger partial charge in [-0.2, -0.15) is 0 Å². The molecule has 2 aromatic rings. The maximum Gasteiger partial charge on any atom is 0.159 e. The van der Waals surface area contributed by atoms with Crippen molar-refractivity contribution in [2.24, 2.45) is 0 Å². The highest BCUT2D eigenvalue weighted by Crippen LogP contribution is 2.26. The van der Waals surface area contributed by atoms with E-state index in [4.69, 9.17) is 4.74 Å². The molecule has 0 spiro atoms. The van der Waals surface area contributed by atoms with Crippen LogP contribution >= 0.6 is 0 Å². The number of morpholine rings is 1. The first kappa shape index (κ1) is 13.9. The number of anilines is 1. The SMILES string of the molecule is Fc1ccc(N2CCO[C@@H](c3ccc(F)c(F)c3)C2)nc1. The second-order valence-electron chi connectivity index (χ2n) is 4.81. The third kappa shape index (κ3) is 3.00. The van der Waals surface area contributed by atoms with Gasteiger partial charge in [0.2, 0.25) is 0 Å². The van der Waals surface area contributed by atoms with Gasteiger partial charge in [-0.05, 0) is 29.8 Å². The number of aromatic nitrogens is 1. The minimum absolute atomic E-state index is 0.374. The highest BCUT2D eigenvalue weighted by molar-refractivity contribution is 5.39. The van der Waals surface area contributed by atoms with Gasteiger partial charge < -0.3 is 9.64 Å². The molecule has 0 bridgehead atoms. The van der Waals surface area contributed by atoms with Gasteiger partial charge in [0, 0.05) is 13.1 Å². The predicted molar refractivity (Wildman–Crippen MR) is 71.5 cm³/mol. The molecule has 0 saturated carbocycles. The van der Waals surface area contributed by atoms with Crippen molar-refractivity contribution in [3.05, 3.63) is 59.5 Å². The van der Waals surface area contributed by atoms with Crippen LogP contribution in [-0.4, -0.2) is 24.7 Å². The minimum atomic E-state index is -0.895. The lowest BCUT2D eigenvalue weighted by molar-refractivity contribution is 0.0392. The molecule has 0 radical (unpaired) electrons. The molecule has 0 unspecified atom stereocenters. The largest absolute Gasteiger partial charge is 0.370 e. The van der Waals surface area contributed by atoms with Gasteiger partial charge in [0.1, 0.15) is 17.7 Å². The quantitative estimate of drug-likeness (QED) is 0.851. The zero-order valence-corrected chi connectivity index (χ0v) is 11.1. The third-order valence-electron chi connectivity index (χ3n) is 3.42. The summed E-state index contributed by atoms with van der Waals surface area (Å²) in [5.41, 5.74) is 0.570. The molecule has 1 atom stereocenters. The van der Waals surface area contributed by atoms with E-state index < -0.39 is 17.5 Å². The Labute approximate surface area is 120 Å². The van der Waals surface area contributed by atoms with Crippen molar-refractivity contribution in [1.29, 1.82) is 0 Å². The Bertz CT molecular complexity index is 633. The normalized spacial score (nSPS) is 18.8. The van der Waals surface area contributed by atoms with Crippen molar-refractivity contribution in [2.45, 2.75) is 6.10 Å². The topological polar surface area (TPSA) is 25.4 Å². The van der Waals surface area contributed by atoms with Crippen LogP contribution < -0.4 is 4.90 Å². The zero-order chi connectivity index (χ0) is 14.8. The molecule has 1 saturated heterocycles. The molecule has 0 N–H and O–H groups in total. The summed E-state index contributed by atoms with van der Waals surface area (Å²) in [7, 11) is 0. The summed E-state index contributed by atoms with van der Waals surface area (Å²) in [6.07, 6.45) is 0.776. The number of rotatable bonds is 2. The van der Waals surface area contributed by atoms with Crippen molar-refractivity contribution in [3.8, 4) is 0 Å². The fraction of sp³-hybridized carbons (Fsp3) is 0.267. The number of hydrogen-bond acceptors (Lipinski definition) is 3. The van der Waals surface area contributed by atoms with Crippen LogP contribution in [0.2, 0.25) is 0 Å². The summed E-state index contributed by atoms with van der Waals surface area (Å²) in [4.78, 5) is 5.95. The van der Waals surface area contributed by atoms with E-state index in [2.05, 4.69) is 4.98 Å². The molecule has 2 heterocycles. The summed E-state index contributed by atoms with van der Waals surface area (Å²) >= 11 is 0. The Kier molecular flexibility index (Phi) is 3.79. The monoisotopic (exact) mass is 294 g/mol. The lowest BCUT2D eigenvalue weighted by Gasteiger charge is -2.34. The smallest absolute Gasteiger partial charge is 0.159 e. The highest BCUT2D eigenvalue weighted by atomic mass is 19.2. The molecule has 21 heavy (non-hydrogen) atoms. The van der Waals surface area contributed by atoms with Crippen LogP contribution in [0.25, 0.3) is 0 Å². The standard InChI is InChI=1S/C15H13F3N2O/c16-11-2-4-15(19-8-11)20-5-6-21-14(9-20)10-1-3-12(17)13(18)7-10/h1-4,7-8,14H,5-6,9H2/t14-/m1/s1. The number of ether oxygens (including phenoxy) is 1. The van der Waals surface area contributed by atoms with Gasteiger partial charge in [0.25, 0.3) is 0 Å². The first-order chi connectivity index (χ1) is 10.1. The fourth-order valence-electron chi connectivity index (χ4n) is 2.33. The van der Waals surface area contributed by atoms with E-state index in [0.717, 1.165) is 18.3 Å². The average Bonchev–Trinajstić information content (AvgIpc) is 2.51. The van der Waals surface area contributed by atoms with Gasteiger partial charge in [0.05, 0.1) is 12.8 Å². The van der Waals surface area contributed by atoms with E-state index in [1.807, 2.05) is 4.90 Å². The molecular formula is C15H13F3N2O. The Hall–Kier alpha value is -2.08. The van der Waals surface area contributed by atoms with E-state index in [-0.39, 0.29) is 6.10 Å². The van der Waals surface area contributed by atoms with E-state index in [1.165, 1.54) is 12.1 Å². The third-order valence-corrected chi connectivity index (χ3v) is 3.42. The molecule has 6 heteroatoms. The van der Waals surface area contributed by atoms with E-state index in [1.54, 1.807) is 6.07 Å². The molecule has 0 amide bonds. The van der Waals surface area contributed by atoms with Crippen molar-refractivity contribution in [3.63, 3.8) is 0 Å². The second-order valence-corrected chi connectivity index (χ2v) is 4.81. The van der Waals surface area contributed by atoms with Crippen molar-refractivity contribution >= 4 is 5.82 Å². The summed E-state index contributed by atoms with van der Waals surface area (Å²) in [5.74, 6) is -1.55. The van der Waals surface area contributed by atoms with Crippen molar-refractivity contribution in [2.75, 3.05) is 24.6 Å². The molecule has 1 aliphatic rings. The Morgan fingerprint density at radius 3 is 2.67 bits per heavy atom. The fourth-order valence-corrected chi connectivity index (χ4v) is 2.33. The first-order valence-corrected chi connectivity index (χ1v) is 6.56. The van der Waals surface area contributed by atoms with Gasteiger partial charge in [-0.25, -0.2) is 18.2 Å². The molecule has 1 aliphatic heterocycles. The lowest BCUT2D eigenvalue weighted by Crippen LogP contribution is -2.38. The van der Waals surface area contributed by atoms with Crippen LogP contribution in [0, 0.1) is 17.5 Å². The molecule has 3 rings (SSSR count). The van der Waals surface area contributed by atoms with Crippen molar-refractivity contribution < 1.29 is 17.9 Å². The first-order valence-electron chi connectivity index (χ1n) is 6.56. The summed E-state index contributed by atoms with van der Waals surface area (Å²) in [6.45, 7) is 1.49. The van der Waals surface area contributed by atoms with Crippen LogP contribution in [-0.2, 0) is 4.74 Å². The van der Waals surface area contributed by atoms with Crippen LogP contribution in [0.1, 0.15) is 11.7 Å². The number of pyridine rings is 1. The van der Waals surface area contributed by atoms with Gasteiger partial charge >= 0.3 is 0 Å². The number of halogens is 3. The molecule has 3 nitrogen and oxygen atoms in total. The van der Waals surface area contributed by atoms with Gasteiger partial charge in [-0.3, -0.25) is 0 Å². The number of benzene rings is 1. The molecule has 1 aromatic carbocycles. The van der Waals surface area contributed by atoms with E-state index in [0.29, 0.717) is 31.1 Å². The van der Waals surface area contributed by atoms with E-state index in [9.17, 15) is 13.2 Å². The predicted octanol–water partition coefficient (Wildman–Crippen LogP) is 3.08. The Morgan fingerprint density at radius 1 is 1.10 bits per heavy atom. The van der Waals surface area contributed by atoms with Gasteiger partial charge in [0.15, 0.2) is 11.6 Å². The summed E-state index contributed by atoms with van der Waals surface area (Å²) in [5, 5.41) is 0. The van der Waals surface area contributed by atoms with Gasteiger partial charge in [-0.1, -0.05) is 6.07 Å². The van der Waals surface area contributed by atoms with Crippen LogP contribution in [0.5, 0.6) is 0 Å². The van der Waals surface area contributed by atoms with Crippen LogP contribution in [0.4, 0.5) is 19.0 Å². The minimum Gasteiger partial charge on any atom is -0.370 e. The highest BCUT2D eigenvalue weighted by Gasteiger charge is 2.23. The summed E-state index contributed by atoms with van der Waals surface area (Å²) < 4.78 is 44.8. The molecule has 1 aromatic heterocycles. The van der Waals surface area contributed by atoms with Crippen molar-refractivity contribution in [1.82, 2.24) is 4.98 Å². The molecule has 110 valence electrons. The Balaban J connectivity index is 1.79. The molecular weight excluding hydrogens is 281 g/mol.